The first-order valence-electron chi connectivity index (χ1n) is 7.80. The van der Waals surface area contributed by atoms with Gasteiger partial charge >= 0.3 is 5.69 Å². The Balaban J connectivity index is 2.04. The minimum atomic E-state index is -0.726. The van der Waals surface area contributed by atoms with E-state index in [1.54, 1.807) is 18.2 Å². The third-order valence-corrected chi connectivity index (χ3v) is 4.67. The van der Waals surface area contributed by atoms with Crippen LogP contribution in [0.5, 0.6) is 11.5 Å². The van der Waals surface area contributed by atoms with Gasteiger partial charge in [-0.3, -0.25) is 13.9 Å². The first-order chi connectivity index (χ1) is 12.4. The molecule has 3 N–H and O–H groups in total. The average molecular weight is 353 g/mol. The third kappa shape index (κ3) is 2.02. The summed E-state index contributed by atoms with van der Waals surface area (Å²) in [5.74, 6) is 0.770. The SMILES string of the molecule is Cn1c2c(c(=O)n(C)c1=O)[C@@H](c1ccc3c(c1)OCO3)C(C#N)=C(N)N2. The van der Waals surface area contributed by atoms with Crippen molar-refractivity contribution in [3.8, 4) is 17.6 Å². The predicted octanol–water partition coefficient (Wildman–Crippen LogP) is 0.0640. The number of ether oxygens (including phenoxy) is 2. The summed E-state index contributed by atoms with van der Waals surface area (Å²) in [6, 6.07) is 7.27. The van der Waals surface area contributed by atoms with Crippen LogP contribution in [0.2, 0.25) is 0 Å². The molecule has 0 amide bonds. The van der Waals surface area contributed by atoms with Gasteiger partial charge < -0.3 is 20.5 Å². The number of nitriles is 1. The van der Waals surface area contributed by atoms with Gasteiger partial charge in [-0.2, -0.15) is 5.26 Å². The van der Waals surface area contributed by atoms with E-state index in [0.717, 1.165) is 4.57 Å². The molecule has 0 aliphatic carbocycles. The van der Waals surface area contributed by atoms with E-state index < -0.39 is 17.2 Å². The van der Waals surface area contributed by atoms with Gasteiger partial charge in [-0.1, -0.05) is 6.07 Å². The van der Waals surface area contributed by atoms with Crippen LogP contribution in [0.4, 0.5) is 5.82 Å². The summed E-state index contributed by atoms with van der Waals surface area (Å²) in [5.41, 5.74) is 6.17. The quantitative estimate of drug-likeness (QED) is 0.743. The van der Waals surface area contributed by atoms with Crippen LogP contribution >= 0.6 is 0 Å². The van der Waals surface area contributed by atoms with Gasteiger partial charge in [-0.15, -0.1) is 0 Å². The molecule has 0 radical (unpaired) electrons. The lowest BCUT2D eigenvalue weighted by Gasteiger charge is -2.28. The summed E-state index contributed by atoms with van der Waals surface area (Å²) in [5, 5.41) is 12.5. The van der Waals surface area contributed by atoms with E-state index in [4.69, 9.17) is 15.2 Å². The summed E-state index contributed by atoms with van der Waals surface area (Å²) >= 11 is 0. The Morgan fingerprint density at radius 1 is 1.23 bits per heavy atom. The summed E-state index contributed by atoms with van der Waals surface area (Å²) in [7, 11) is 2.93. The van der Waals surface area contributed by atoms with E-state index in [2.05, 4.69) is 11.4 Å². The van der Waals surface area contributed by atoms with Crippen LogP contribution in [0, 0.1) is 11.3 Å². The van der Waals surface area contributed by atoms with Crippen molar-refractivity contribution >= 4 is 5.82 Å². The number of nitrogens with zero attached hydrogens (tertiary/aromatic N) is 3. The zero-order chi connectivity index (χ0) is 18.6. The van der Waals surface area contributed by atoms with E-state index in [9.17, 15) is 14.9 Å². The fourth-order valence-corrected chi connectivity index (χ4v) is 3.33. The average Bonchev–Trinajstić information content (AvgIpc) is 3.11. The second kappa shape index (κ2) is 5.42. The standard InChI is InChI=1S/C17H15N5O4/c1-21-15-13(16(23)22(2)17(21)24)12(9(6-18)14(19)20-15)8-3-4-10-11(5-8)26-7-25-10/h3-5,12,20H,7,19H2,1-2H3/t12-/m0/s1. The monoisotopic (exact) mass is 353 g/mol. The van der Waals surface area contributed by atoms with E-state index >= 15 is 0 Å². The normalized spacial score (nSPS) is 17.5. The number of hydrogen-bond donors (Lipinski definition) is 2. The molecule has 1 atom stereocenters. The van der Waals surface area contributed by atoms with Crippen LogP contribution in [0.3, 0.4) is 0 Å². The van der Waals surface area contributed by atoms with Gasteiger partial charge in [-0.05, 0) is 17.7 Å². The molecule has 0 saturated carbocycles. The number of benzene rings is 1. The highest BCUT2D eigenvalue weighted by Gasteiger charge is 2.34. The van der Waals surface area contributed by atoms with Gasteiger partial charge in [0.1, 0.15) is 11.6 Å². The first-order valence-corrected chi connectivity index (χ1v) is 7.80. The third-order valence-electron chi connectivity index (χ3n) is 4.67. The molecule has 26 heavy (non-hydrogen) atoms. The molecule has 2 aromatic rings. The van der Waals surface area contributed by atoms with Crippen LogP contribution in [0.15, 0.2) is 39.2 Å². The topological polar surface area (TPSA) is 124 Å². The van der Waals surface area contributed by atoms with Crippen molar-refractivity contribution in [3.05, 3.63) is 61.6 Å². The predicted molar refractivity (Wildman–Crippen MR) is 91.8 cm³/mol. The lowest BCUT2D eigenvalue weighted by atomic mass is 9.83. The molecule has 2 aliphatic heterocycles. The molecule has 0 bridgehead atoms. The van der Waals surface area contributed by atoms with Gasteiger partial charge in [0.25, 0.3) is 5.56 Å². The van der Waals surface area contributed by atoms with Crippen molar-refractivity contribution in [1.29, 1.82) is 5.26 Å². The highest BCUT2D eigenvalue weighted by atomic mass is 16.7. The van der Waals surface area contributed by atoms with Crippen LogP contribution < -0.4 is 31.8 Å². The Hall–Kier alpha value is -3.67. The smallest absolute Gasteiger partial charge is 0.332 e. The van der Waals surface area contributed by atoms with Crippen molar-refractivity contribution in [2.24, 2.45) is 19.8 Å². The number of rotatable bonds is 1. The van der Waals surface area contributed by atoms with Gasteiger partial charge in [0.15, 0.2) is 11.5 Å². The van der Waals surface area contributed by atoms with E-state index in [1.807, 2.05) is 0 Å². The molecule has 0 fully saturated rings. The summed E-state index contributed by atoms with van der Waals surface area (Å²) in [6.45, 7) is 0.112. The molecule has 4 rings (SSSR count). The maximum atomic E-state index is 12.9. The number of aromatic nitrogens is 2. The summed E-state index contributed by atoms with van der Waals surface area (Å²) in [6.07, 6.45) is 0. The molecule has 0 spiro atoms. The molecular formula is C17H15N5O4. The van der Waals surface area contributed by atoms with E-state index in [-0.39, 0.29) is 29.6 Å². The molecule has 0 unspecified atom stereocenters. The zero-order valence-electron chi connectivity index (χ0n) is 14.1. The van der Waals surface area contributed by atoms with Crippen LogP contribution in [0.25, 0.3) is 0 Å². The number of nitrogens with one attached hydrogen (secondary N) is 1. The van der Waals surface area contributed by atoms with Crippen LogP contribution in [-0.4, -0.2) is 15.9 Å². The minimum absolute atomic E-state index is 0.103. The van der Waals surface area contributed by atoms with Crippen molar-refractivity contribution in [3.63, 3.8) is 0 Å². The Morgan fingerprint density at radius 2 is 1.96 bits per heavy atom. The first kappa shape index (κ1) is 15.8. The molecule has 2 aliphatic rings. The van der Waals surface area contributed by atoms with Crippen LogP contribution in [-0.2, 0) is 14.1 Å². The number of allylic oxidation sites excluding steroid dienone is 1. The van der Waals surface area contributed by atoms with Gasteiger partial charge in [-0.25, -0.2) is 4.79 Å². The fourth-order valence-electron chi connectivity index (χ4n) is 3.33. The van der Waals surface area contributed by atoms with Crippen molar-refractivity contribution < 1.29 is 9.47 Å². The second-order valence-electron chi connectivity index (χ2n) is 6.08. The number of nitrogens with two attached hydrogens (primary N) is 1. The fraction of sp³-hybridized carbons (Fsp3) is 0.235. The molecule has 0 saturated heterocycles. The number of fused-ring (bicyclic) bond motifs is 2. The maximum Gasteiger partial charge on any atom is 0.332 e. The molecule has 9 nitrogen and oxygen atoms in total. The van der Waals surface area contributed by atoms with Gasteiger partial charge in [0.05, 0.1) is 23.1 Å². The van der Waals surface area contributed by atoms with E-state index in [0.29, 0.717) is 17.1 Å². The Labute approximate surface area is 147 Å². The highest BCUT2D eigenvalue weighted by Crippen LogP contribution is 2.41. The maximum absolute atomic E-state index is 12.9. The summed E-state index contributed by atoms with van der Waals surface area (Å²) < 4.78 is 13.0. The molecule has 1 aromatic heterocycles. The van der Waals surface area contributed by atoms with Crippen molar-refractivity contribution in [2.75, 3.05) is 12.1 Å². The second-order valence-corrected chi connectivity index (χ2v) is 6.08. The molecule has 1 aromatic carbocycles. The highest BCUT2D eigenvalue weighted by molar-refractivity contribution is 5.65. The molecular weight excluding hydrogens is 338 g/mol. The Bertz CT molecular complexity index is 1140. The van der Waals surface area contributed by atoms with Gasteiger partial charge in [0.2, 0.25) is 6.79 Å². The lowest BCUT2D eigenvalue weighted by molar-refractivity contribution is 0.174. The lowest BCUT2D eigenvalue weighted by Crippen LogP contribution is -2.43. The molecule has 9 heteroatoms. The van der Waals surface area contributed by atoms with E-state index in [1.165, 1.54) is 18.7 Å². The minimum Gasteiger partial charge on any atom is -0.454 e. The van der Waals surface area contributed by atoms with Crippen LogP contribution in [0.1, 0.15) is 17.0 Å². The van der Waals surface area contributed by atoms with Crippen molar-refractivity contribution in [2.45, 2.75) is 5.92 Å². The van der Waals surface area contributed by atoms with Gasteiger partial charge in [0, 0.05) is 14.1 Å². The summed E-state index contributed by atoms with van der Waals surface area (Å²) in [4.78, 5) is 25.1. The number of anilines is 1. The van der Waals surface area contributed by atoms with Crippen molar-refractivity contribution in [1.82, 2.24) is 9.13 Å². The number of hydrogen-bond acceptors (Lipinski definition) is 7. The zero-order valence-corrected chi connectivity index (χ0v) is 14.1. The largest absolute Gasteiger partial charge is 0.454 e. The molecule has 3 heterocycles. The Morgan fingerprint density at radius 3 is 2.69 bits per heavy atom. The Kier molecular flexibility index (Phi) is 3.30. The molecule has 132 valence electrons.